The van der Waals surface area contributed by atoms with Crippen molar-refractivity contribution < 1.29 is 23.9 Å². The van der Waals surface area contributed by atoms with Crippen LogP contribution < -0.4 is 25.4 Å². The first kappa shape index (κ1) is 32.6. The van der Waals surface area contributed by atoms with Crippen LogP contribution in [0.5, 0.6) is 11.5 Å². The van der Waals surface area contributed by atoms with E-state index < -0.39 is 11.8 Å². The van der Waals surface area contributed by atoms with Crippen LogP contribution >= 0.6 is 11.8 Å². The fraction of sp³-hybridized carbons (Fsp3) is 0.0789. The van der Waals surface area contributed by atoms with E-state index in [9.17, 15) is 14.4 Å². The number of hydrogen-bond acceptors (Lipinski definition) is 6. The highest BCUT2D eigenvalue weighted by molar-refractivity contribution is 8.00. The first-order valence-corrected chi connectivity index (χ1v) is 15.7. The monoisotopic (exact) mass is 643 g/mol. The van der Waals surface area contributed by atoms with Crippen LogP contribution in [0.3, 0.4) is 0 Å². The Hall–Kier alpha value is -5.80. The van der Waals surface area contributed by atoms with Crippen molar-refractivity contribution in [2.75, 3.05) is 30.6 Å². The lowest BCUT2D eigenvalue weighted by Gasteiger charge is -2.12. The molecule has 0 radical (unpaired) electrons. The van der Waals surface area contributed by atoms with E-state index in [2.05, 4.69) is 16.0 Å². The van der Waals surface area contributed by atoms with Crippen LogP contribution in [-0.2, 0) is 9.59 Å². The number of ether oxygens (including phenoxy) is 2. The number of carbonyl (C=O) groups excluding carboxylic acids is 3. The number of methoxy groups -OCH3 is 2. The van der Waals surface area contributed by atoms with Crippen molar-refractivity contribution >= 4 is 46.9 Å². The SMILES string of the molecule is COc1cc(NC(=O)CSc2ccc(NC(=O)/C(=C/c3ccc(-c4ccccc4)cc3)NC(=O)c3ccccc3)cc2)cc(OC)c1. The van der Waals surface area contributed by atoms with Crippen molar-refractivity contribution in [1.29, 1.82) is 0 Å². The molecule has 0 saturated heterocycles. The number of rotatable bonds is 12. The molecule has 0 aliphatic rings. The summed E-state index contributed by atoms with van der Waals surface area (Å²) in [7, 11) is 3.09. The molecule has 5 aromatic rings. The van der Waals surface area contributed by atoms with Gasteiger partial charge >= 0.3 is 0 Å². The standard InChI is InChI=1S/C38H33N3O5S/c1-45-32-22-31(23-33(24-32)46-2)39-36(42)25-47-34-19-17-30(18-20-34)40-38(44)35(41-37(43)29-11-7-4-8-12-29)21-26-13-15-28(16-14-26)27-9-5-3-6-10-27/h3-24H,25H2,1-2H3,(H,39,42)(H,40,44)(H,41,43)/b35-21-. The van der Waals surface area contributed by atoms with Gasteiger partial charge in [-0.05, 0) is 59.2 Å². The van der Waals surface area contributed by atoms with Gasteiger partial charge in [-0.25, -0.2) is 0 Å². The predicted molar refractivity (Wildman–Crippen MR) is 188 cm³/mol. The molecule has 0 heterocycles. The molecular formula is C38H33N3O5S. The molecular weight excluding hydrogens is 611 g/mol. The zero-order chi connectivity index (χ0) is 33.0. The molecule has 5 rings (SSSR count). The van der Waals surface area contributed by atoms with Crippen LogP contribution in [0.25, 0.3) is 17.2 Å². The molecule has 0 aliphatic carbocycles. The minimum absolute atomic E-state index is 0.0932. The average molecular weight is 644 g/mol. The van der Waals surface area contributed by atoms with E-state index in [-0.39, 0.29) is 17.4 Å². The zero-order valence-corrected chi connectivity index (χ0v) is 26.7. The molecule has 0 unspecified atom stereocenters. The second kappa shape index (κ2) is 16.0. The lowest BCUT2D eigenvalue weighted by Crippen LogP contribution is -2.30. The molecule has 5 aromatic carbocycles. The summed E-state index contributed by atoms with van der Waals surface area (Å²) in [4.78, 5) is 39.9. The molecule has 0 aliphatic heterocycles. The van der Waals surface area contributed by atoms with Gasteiger partial charge in [-0.1, -0.05) is 72.8 Å². The summed E-state index contributed by atoms with van der Waals surface area (Å²) in [5.41, 5.74) is 4.50. The van der Waals surface area contributed by atoms with Crippen molar-refractivity contribution in [1.82, 2.24) is 5.32 Å². The molecule has 47 heavy (non-hydrogen) atoms. The lowest BCUT2D eigenvalue weighted by molar-refractivity contribution is -0.114. The van der Waals surface area contributed by atoms with E-state index in [0.717, 1.165) is 21.6 Å². The van der Waals surface area contributed by atoms with Gasteiger partial charge in [0.25, 0.3) is 11.8 Å². The van der Waals surface area contributed by atoms with Crippen molar-refractivity contribution in [3.63, 3.8) is 0 Å². The topological polar surface area (TPSA) is 106 Å². The van der Waals surface area contributed by atoms with Gasteiger partial charge in [0.15, 0.2) is 0 Å². The Labute approximate surface area is 277 Å². The predicted octanol–water partition coefficient (Wildman–Crippen LogP) is 7.51. The molecule has 3 N–H and O–H groups in total. The molecule has 3 amide bonds. The molecule has 0 saturated carbocycles. The molecule has 8 nitrogen and oxygen atoms in total. The van der Waals surface area contributed by atoms with Crippen LogP contribution in [0.2, 0.25) is 0 Å². The van der Waals surface area contributed by atoms with Gasteiger partial charge in [-0.2, -0.15) is 0 Å². The number of amides is 3. The summed E-state index contributed by atoms with van der Waals surface area (Å²) in [5, 5.41) is 8.49. The first-order chi connectivity index (χ1) is 22.9. The smallest absolute Gasteiger partial charge is 0.272 e. The third kappa shape index (κ3) is 9.35. The van der Waals surface area contributed by atoms with Crippen molar-refractivity contribution in [3.05, 3.63) is 144 Å². The van der Waals surface area contributed by atoms with Crippen LogP contribution in [0.4, 0.5) is 11.4 Å². The second-order valence-electron chi connectivity index (χ2n) is 10.3. The van der Waals surface area contributed by atoms with E-state index in [1.54, 1.807) is 74.9 Å². The van der Waals surface area contributed by atoms with E-state index >= 15 is 0 Å². The summed E-state index contributed by atoms with van der Waals surface area (Å²) >= 11 is 1.35. The Morgan fingerprint density at radius 2 is 1.26 bits per heavy atom. The maximum absolute atomic E-state index is 13.5. The molecule has 0 spiro atoms. The van der Waals surface area contributed by atoms with Gasteiger partial charge < -0.3 is 25.4 Å². The number of benzene rings is 5. The van der Waals surface area contributed by atoms with Gasteiger partial charge in [0.2, 0.25) is 5.91 Å². The average Bonchev–Trinajstić information content (AvgIpc) is 3.11. The maximum Gasteiger partial charge on any atom is 0.272 e. The highest BCUT2D eigenvalue weighted by Gasteiger charge is 2.15. The number of nitrogens with one attached hydrogen (secondary N) is 3. The van der Waals surface area contributed by atoms with Crippen LogP contribution in [0.15, 0.2) is 138 Å². The summed E-state index contributed by atoms with van der Waals surface area (Å²) in [6, 6.07) is 38.7. The van der Waals surface area contributed by atoms with E-state index in [4.69, 9.17) is 9.47 Å². The fourth-order valence-corrected chi connectivity index (χ4v) is 5.27. The van der Waals surface area contributed by atoms with Gasteiger partial charge in [0.05, 0.1) is 20.0 Å². The summed E-state index contributed by atoms with van der Waals surface area (Å²) in [5.74, 6) is 0.253. The molecule has 0 aromatic heterocycles. The molecule has 0 bridgehead atoms. The fourth-order valence-electron chi connectivity index (χ4n) is 4.57. The van der Waals surface area contributed by atoms with Crippen molar-refractivity contribution in [3.8, 4) is 22.6 Å². The van der Waals surface area contributed by atoms with E-state index in [1.165, 1.54) is 11.8 Å². The van der Waals surface area contributed by atoms with Crippen molar-refractivity contribution in [2.45, 2.75) is 4.90 Å². The minimum atomic E-state index is -0.477. The number of carbonyl (C=O) groups is 3. The first-order valence-electron chi connectivity index (χ1n) is 14.7. The van der Waals surface area contributed by atoms with Crippen LogP contribution in [-0.4, -0.2) is 37.7 Å². The number of hydrogen-bond donors (Lipinski definition) is 3. The third-order valence-electron chi connectivity index (χ3n) is 6.97. The Morgan fingerprint density at radius 1 is 0.660 bits per heavy atom. The highest BCUT2D eigenvalue weighted by Crippen LogP contribution is 2.27. The molecule has 0 fully saturated rings. The van der Waals surface area contributed by atoms with Crippen LogP contribution in [0, 0.1) is 0 Å². The van der Waals surface area contributed by atoms with Gasteiger partial charge in [0.1, 0.15) is 17.2 Å². The normalized spacial score (nSPS) is 10.9. The van der Waals surface area contributed by atoms with E-state index in [1.807, 2.05) is 72.8 Å². The Kier molecular flexibility index (Phi) is 11.1. The Morgan fingerprint density at radius 3 is 1.87 bits per heavy atom. The molecule has 236 valence electrons. The molecule has 0 atom stereocenters. The minimum Gasteiger partial charge on any atom is -0.497 e. The van der Waals surface area contributed by atoms with E-state index in [0.29, 0.717) is 28.4 Å². The number of anilines is 2. The zero-order valence-electron chi connectivity index (χ0n) is 25.9. The largest absolute Gasteiger partial charge is 0.497 e. The summed E-state index contributed by atoms with van der Waals surface area (Å²) in [6.45, 7) is 0. The summed E-state index contributed by atoms with van der Waals surface area (Å²) in [6.07, 6.45) is 1.64. The van der Waals surface area contributed by atoms with Crippen molar-refractivity contribution in [2.24, 2.45) is 0 Å². The van der Waals surface area contributed by atoms with Crippen LogP contribution in [0.1, 0.15) is 15.9 Å². The Bertz CT molecular complexity index is 1840. The maximum atomic E-state index is 13.5. The molecule has 9 heteroatoms. The number of thioether (sulfide) groups is 1. The Balaban J connectivity index is 1.24. The summed E-state index contributed by atoms with van der Waals surface area (Å²) < 4.78 is 10.5. The van der Waals surface area contributed by atoms with Gasteiger partial charge in [0, 0.05) is 40.0 Å². The van der Waals surface area contributed by atoms with Gasteiger partial charge in [-0.15, -0.1) is 11.8 Å². The quantitative estimate of drug-likeness (QED) is 0.0960. The second-order valence-corrected chi connectivity index (χ2v) is 11.3. The lowest BCUT2D eigenvalue weighted by atomic mass is 10.0. The van der Waals surface area contributed by atoms with Gasteiger partial charge in [-0.3, -0.25) is 14.4 Å². The highest BCUT2D eigenvalue weighted by atomic mass is 32.2. The third-order valence-corrected chi connectivity index (χ3v) is 7.99.